The molecule has 2 heterocycles. The Balaban J connectivity index is 1.49. The molecular formula is C24H27NO5. The maximum Gasteiger partial charge on any atom is 0.225 e. The number of piperidine rings is 1. The third-order valence-corrected chi connectivity index (χ3v) is 9.78. The molecule has 158 valence electrons. The second-order valence-electron chi connectivity index (χ2n) is 10.5. The van der Waals surface area contributed by atoms with Gasteiger partial charge in [-0.1, -0.05) is 6.07 Å². The predicted molar refractivity (Wildman–Crippen MR) is 107 cm³/mol. The molecule has 6 nitrogen and oxygen atoms in total. The lowest BCUT2D eigenvalue weighted by Crippen LogP contribution is -2.99. The van der Waals surface area contributed by atoms with E-state index in [0.29, 0.717) is 5.91 Å². The Kier molecular flexibility index (Phi) is 2.86. The molecule has 2 spiro atoms. The van der Waals surface area contributed by atoms with Gasteiger partial charge < -0.3 is 23.9 Å². The molecule has 4 aliphatic carbocycles. The number of fused-ring (bicyclic) bond motifs is 1. The van der Waals surface area contributed by atoms with Gasteiger partial charge in [0.2, 0.25) is 5.91 Å². The van der Waals surface area contributed by atoms with Crippen molar-refractivity contribution in [1.82, 2.24) is 4.90 Å². The van der Waals surface area contributed by atoms with Crippen LogP contribution in [0.15, 0.2) is 12.1 Å². The number of rotatable bonds is 4. The van der Waals surface area contributed by atoms with Gasteiger partial charge in [-0.2, -0.15) is 0 Å². The van der Waals surface area contributed by atoms with Crippen molar-refractivity contribution in [3.05, 3.63) is 23.3 Å². The van der Waals surface area contributed by atoms with Crippen molar-refractivity contribution in [3.63, 3.8) is 0 Å². The van der Waals surface area contributed by atoms with Gasteiger partial charge in [-0.05, 0) is 50.7 Å². The van der Waals surface area contributed by atoms with E-state index < -0.39 is 11.0 Å². The van der Waals surface area contributed by atoms with Crippen LogP contribution in [0.4, 0.5) is 0 Å². The number of nitrogens with zero attached hydrogens (tertiary/aromatic N) is 1. The fourth-order valence-electron chi connectivity index (χ4n) is 8.80. The number of ether oxygens (including phenoxy) is 3. The maximum absolute atomic E-state index is 13.3. The smallest absolute Gasteiger partial charge is 0.225 e. The monoisotopic (exact) mass is 409 g/mol. The molecule has 4 fully saturated rings. The van der Waals surface area contributed by atoms with E-state index in [1.54, 1.807) is 14.2 Å². The second kappa shape index (κ2) is 4.87. The van der Waals surface area contributed by atoms with Crippen molar-refractivity contribution in [2.45, 2.75) is 62.2 Å². The Morgan fingerprint density at radius 1 is 1.30 bits per heavy atom. The van der Waals surface area contributed by atoms with Crippen LogP contribution in [0.25, 0.3) is 0 Å². The standard InChI is InChI=1S/C24H27NO5/c1-21(12-26)11-23-16-10-14-6-7-15(28-2)18-17(14)22(23,20(30-18)24(21,23)29-3)8-9-25(16)19(27)13-4-5-13/h6-7,12-13,16,20H,4-5,8-11H2,1-3H3/t16-,20-,21-,22+,23?,24+/m1/s1. The van der Waals surface area contributed by atoms with Crippen LogP contribution in [-0.2, 0) is 26.2 Å². The normalized spacial score (nSPS) is 46.0. The molecule has 1 aromatic rings. The molecule has 7 rings (SSSR count). The summed E-state index contributed by atoms with van der Waals surface area (Å²) in [5.41, 5.74) is 0.726. The highest BCUT2D eigenvalue weighted by Crippen LogP contribution is 2.88. The van der Waals surface area contributed by atoms with Gasteiger partial charge in [-0.3, -0.25) is 4.79 Å². The molecular weight excluding hydrogens is 382 g/mol. The van der Waals surface area contributed by atoms with Gasteiger partial charge in [0.1, 0.15) is 18.0 Å². The highest BCUT2D eigenvalue weighted by Gasteiger charge is 2.98. The third kappa shape index (κ3) is 1.36. The fraction of sp³-hybridized carbons (Fsp3) is 0.667. The first-order chi connectivity index (χ1) is 14.5. The Morgan fingerprint density at radius 3 is 2.77 bits per heavy atom. The molecule has 1 unspecified atom stereocenters. The predicted octanol–water partition coefficient (Wildman–Crippen LogP) is 2.26. The lowest BCUT2D eigenvalue weighted by molar-refractivity contribution is -0.430. The summed E-state index contributed by atoms with van der Waals surface area (Å²) < 4.78 is 18.6. The van der Waals surface area contributed by atoms with Gasteiger partial charge in [0, 0.05) is 36.6 Å². The van der Waals surface area contributed by atoms with Crippen LogP contribution in [0.3, 0.4) is 0 Å². The summed E-state index contributed by atoms with van der Waals surface area (Å²) in [5, 5.41) is 0. The molecule has 1 aromatic carbocycles. The highest BCUT2D eigenvalue weighted by atomic mass is 16.6. The summed E-state index contributed by atoms with van der Waals surface area (Å²) in [5.74, 6) is 2.07. The molecule has 0 N–H and O–H groups in total. The van der Waals surface area contributed by atoms with Crippen molar-refractivity contribution in [2.75, 3.05) is 20.8 Å². The van der Waals surface area contributed by atoms with Crippen molar-refractivity contribution >= 4 is 12.2 Å². The van der Waals surface area contributed by atoms with Gasteiger partial charge in [0.15, 0.2) is 11.5 Å². The molecule has 3 saturated carbocycles. The number of carbonyl (C=O) groups excluding carboxylic acids is 2. The molecule has 2 aliphatic heterocycles. The van der Waals surface area contributed by atoms with Crippen molar-refractivity contribution < 1.29 is 23.8 Å². The Bertz CT molecular complexity index is 1030. The van der Waals surface area contributed by atoms with E-state index >= 15 is 0 Å². The SMILES string of the molecule is COc1ccc2c3c1O[C@@H]1[C@]34CCN(C(=O)C3CC3)[C@H](C2)C42C[C@](C)(C=O)[C@@]12OC. The molecule has 1 amide bonds. The van der Waals surface area contributed by atoms with E-state index in [0.717, 1.165) is 56.4 Å². The molecule has 1 saturated heterocycles. The quantitative estimate of drug-likeness (QED) is 0.714. The van der Waals surface area contributed by atoms with E-state index in [1.165, 1.54) is 11.1 Å². The first-order valence-electron chi connectivity index (χ1n) is 11.1. The van der Waals surface area contributed by atoms with E-state index in [2.05, 4.69) is 11.0 Å². The lowest BCUT2D eigenvalue weighted by Gasteiger charge is -2.87. The minimum Gasteiger partial charge on any atom is -0.493 e. The Hall–Kier alpha value is -2.08. The number of likely N-dealkylation sites (tertiary alicyclic amines) is 1. The summed E-state index contributed by atoms with van der Waals surface area (Å²) in [6.45, 7) is 2.76. The number of methoxy groups -OCH3 is 2. The summed E-state index contributed by atoms with van der Waals surface area (Å²) in [4.78, 5) is 27.8. The summed E-state index contributed by atoms with van der Waals surface area (Å²) >= 11 is 0. The average molecular weight is 409 g/mol. The van der Waals surface area contributed by atoms with Crippen LogP contribution in [0.2, 0.25) is 0 Å². The van der Waals surface area contributed by atoms with Crippen LogP contribution >= 0.6 is 0 Å². The number of aldehydes is 1. The number of benzene rings is 1. The number of hydrogen-bond acceptors (Lipinski definition) is 5. The van der Waals surface area contributed by atoms with Gasteiger partial charge in [-0.25, -0.2) is 0 Å². The summed E-state index contributed by atoms with van der Waals surface area (Å²) in [6, 6.07) is 4.19. The van der Waals surface area contributed by atoms with E-state index in [-0.39, 0.29) is 28.9 Å². The zero-order valence-electron chi connectivity index (χ0n) is 17.7. The van der Waals surface area contributed by atoms with Crippen LogP contribution in [0.5, 0.6) is 11.5 Å². The maximum atomic E-state index is 13.3. The van der Waals surface area contributed by atoms with E-state index in [9.17, 15) is 9.59 Å². The molecule has 0 radical (unpaired) electrons. The fourth-order valence-corrected chi connectivity index (χ4v) is 8.80. The van der Waals surface area contributed by atoms with E-state index in [4.69, 9.17) is 14.2 Å². The van der Waals surface area contributed by atoms with Crippen molar-refractivity contribution in [1.29, 1.82) is 0 Å². The third-order valence-electron chi connectivity index (χ3n) is 9.78. The zero-order chi connectivity index (χ0) is 20.7. The molecule has 30 heavy (non-hydrogen) atoms. The van der Waals surface area contributed by atoms with Gasteiger partial charge in [0.05, 0.1) is 17.9 Å². The minimum atomic E-state index is -0.712. The van der Waals surface area contributed by atoms with Gasteiger partial charge >= 0.3 is 0 Å². The molecule has 6 heteroatoms. The first-order valence-corrected chi connectivity index (χ1v) is 11.1. The lowest BCUT2D eigenvalue weighted by atomic mass is 9.19. The Labute approximate surface area is 175 Å². The van der Waals surface area contributed by atoms with Crippen LogP contribution in [0.1, 0.15) is 43.7 Å². The summed E-state index contributed by atoms with van der Waals surface area (Å²) in [6.07, 6.45) is 5.26. The van der Waals surface area contributed by atoms with Gasteiger partial charge in [-0.15, -0.1) is 0 Å². The van der Waals surface area contributed by atoms with Crippen LogP contribution in [-0.4, -0.2) is 55.6 Å². The topological polar surface area (TPSA) is 65.1 Å². The van der Waals surface area contributed by atoms with E-state index in [1.807, 2.05) is 13.0 Å². The molecule has 6 atom stereocenters. The molecule has 6 aliphatic rings. The zero-order valence-corrected chi connectivity index (χ0v) is 17.7. The average Bonchev–Trinajstić information content (AvgIpc) is 3.53. The number of amides is 1. The first kappa shape index (κ1) is 17.6. The van der Waals surface area contributed by atoms with Crippen molar-refractivity contribution in [3.8, 4) is 11.5 Å². The summed E-state index contributed by atoms with van der Waals surface area (Å²) in [7, 11) is 3.39. The van der Waals surface area contributed by atoms with Gasteiger partial charge in [0.25, 0.3) is 0 Å². The van der Waals surface area contributed by atoms with Crippen LogP contribution < -0.4 is 9.47 Å². The molecule has 2 bridgehead atoms. The van der Waals surface area contributed by atoms with Crippen LogP contribution in [0, 0.1) is 16.7 Å². The largest absolute Gasteiger partial charge is 0.493 e. The second-order valence-corrected chi connectivity index (χ2v) is 10.5. The number of hydrogen-bond donors (Lipinski definition) is 0. The Morgan fingerprint density at radius 2 is 2.10 bits per heavy atom. The number of carbonyl (C=O) groups is 2. The minimum absolute atomic E-state index is 0.0546. The highest BCUT2D eigenvalue weighted by molar-refractivity contribution is 5.84. The molecule has 0 aromatic heterocycles. The van der Waals surface area contributed by atoms with Crippen molar-refractivity contribution in [2.24, 2.45) is 16.7 Å².